The first-order valence-electron chi connectivity index (χ1n) is 14.9. The summed E-state index contributed by atoms with van der Waals surface area (Å²) in [6, 6.07) is 0. The number of hydrogen-bond donors (Lipinski definition) is 0. The van der Waals surface area contributed by atoms with E-state index in [4.69, 9.17) is 8.85 Å². The molecular weight excluding hydrogens is 408 g/mol. The Morgan fingerprint density at radius 3 is 0.875 bits per heavy atom. The molecule has 0 bridgehead atoms. The van der Waals surface area contributed by atoms with E-state index >= 15 is 0 Å². The van der Waals surface area contributed by atoms with Crippen LogP contribution in [0.15, 0.2) is 0 Å². The molecule has 0 N–H and O–H groups in total. The largest absolute Gasteiger partial charge is 0.395 e. The highest BCUT2D eigenvalue weighted by Crippen LogP contribution is 2.15. The fourth-order valence-corrected chi connectivity index (χ4v) is 5.74. The third-order valence-corrected chi connectivity index (χ3v) is 8.44. The van der Waals surface area contributed by atoms with Gasteiger partial charge in [-0.3, -0.25) is 0 Å². The van der Waals surface area contributed by atoms with Gasteiger partial charge in [-0.15, -0.1) is 0 Å². The van der Waals surface area contributed by atoms with E-state index in [1.54, 1.807) is 0 Å². The smallest absolute Gasteiger partial charge is 0.331 e. The second-order valence-corrected chi connectivity index (χ2v) is 13.9. The zero-order chi connectivity index (χ0) is 23.6. The lowest BCUT2D eigenvalue weighted by Crippen LogP contribution is -2.35. The average molecular weight is 471 g/mol. The predicted molar refractivity (Wildman–Crippen MR) is 147 cm³/mol. The monoisotopic (exact) mass is 470 g/mol. The van der Waals surface area contributed by atoms with E-state index in [1.807, 2.05) is 0 Å². The molecule has 0 atom stereocenters. The van der Waals surface area contributed by atoms with Crippen molar-refractivity contribution >= 4 is 8.56 Å². The van der Waals surface area contributed by atoms with Crippen molar-refractivity contribution in [1.82, 2.24) is 0 Å². The van der Waals surface area contributed by atoms with Crippen LogP contribution in [-0.2, 0) is 8.85 Å². The molecule has 0 aliphatic rings. The molecule has 0 saturated heterocycles. The van der Waals surface area contributed by atoms with Crippen LogP contribution in [0.2, 0.25) is 13.1 Å². The van der Waals surface area contributed by atoms with Crippen molar-refractivity contribution in [2.45, 2.75) is 175 Å². The minimum Gasteiger partial charge on any atom is -0.395 e. The Labute approximate surface area is 205 Å². The molecule has 3 heteroatoms. The molecular formula is C29H62O2Si. The van der Waals surface area contributed by atoms with Crippen LogP contribution >= 0.6 is 0 Å². The lowest BCUT2D eigenvalue weighted by atomic mass is 10.0. The van der Waals surface area contributed by atoms with Crippen LogP contribution in [0.3, 0.4) is 0 Å². The van der Waals surface area contributed by atoms with Gasteiger partial charge in [-0.05, 0) is 25.9 Å². The first-order chi connectivity index (χ1) is 15.6. The highest BCUT2D eigenvalue weighted by molar-refractivity contribution is 6.64. The number of hydrogen-bond acceptors (Lipinski definition) is 2. The summed E-state index contributed by atoms with van der Waals surface area (Å²) in [5.41, 5.74) is 0. The highest BCUT2D eigenvalue weighted by atomic mass is 28.4. The van der Waals surface area contributed by atoms with Gasteiger partial charge in [0.1, 0.15) is 0 Å². The van der Waals surface area contributed by atoms with Crippen LogP contribution in [0.4, 0.5) is 0 Å². The van der Waals surface area contributed by atoms with E-state index in [1.165, 1.54) is 148 Å². The van der Waals surface area contributed by atoms with Gasteiger partial charge in [-0.2, -0.15) is 0 Å². The molecule has 0 saturated carbocycles. The van der Waals surface area contributed by atoms with Crippen LogP contribution in [-0.4, -0.2) is 21.8 Å². The Hall–Kier alpha value is 0.137. The number of unbranched alkanes of at least 4 members (excludes halogenated alkanes) is 21. The molecule has 0 spiro atoms. The molecule has 0 radical (unpaired) electrons. The summed E-state index contributed by atoms with van der Waals surface area (Å²) < 4.78 is 12.1. The van der Waals surface area contributed by atoms with E-state index < -0.39 is 8.56 Å². The molecule has 194 valence electrons. The fourth-order valence-electron chi connectivity index (χ4n) is 4.39. The molecule has 0 heterocycles. The summed E-state index contributed by atoms with van der Waals surface area (Å²) in [5, 5.41) is 0. The van der Waals surface area contributed by atoms with E-state index in [2.05, 4.69) is 26.9 Å². The van der Waals surface area contributed by atoms with Gasteiger partial charge >= 0.3 is 8.56 Å². The van der Waals surface area contributed by atoms with Crippen molar-refractivity contribution < 1.29 is 8.85 Å². The van der Waals surface area contributed by atoms with Crippen molar-refractivity contribution in [2.24, 2.45) is 0 Å². The normalized spacial score (nSPS) is 12.0. The van der Waals surface area contributed by atoms with Crippen LogP contribution in [0.1, 0.15) is 162 Å². The Morgan fingerprint density at radius 2 is 0.562 bits per heavy atom. The lowest BCUT2D eigenvalue weighted by Gasteiger charge is -2.22. The van der Waals surface area contributed by atoms with E-state index in [9.17, 15) is 0 Å². The van der Waals surface area contributed by atoms with Crippen molar-refractivity contribution in [1.29, 1.82) is 0 Å². The second-order valence-electron chi connectivity index (χ2n) is 10.5. The summed E-state index contributed by atoms with van der Waals surface area (Å²) >= 11 is 0. The second kappa shape index (κ2) is 25.8. The van der Waals surface area contributed by atoms with Gasteiger partial charge in [0.05, 0.1) is 0 Å². The molecule has 0 aromatic rings. The van der Waals surface area contributed by atoms with Crippen molar-refractivity contribution in [3.8, 4) is 0 Å². The Morgan fingerprint density at radius 1 is 0.344 bits per heavy atom. The molecule has 0 aromatic carbocycles. The molecule has 0 aliphatic carbocycles. The minimum absolute atomic E-state index is 0.881. The maximum absolute atomic E-state index is 6.06. The fraction of sp³-hybridized carbons (Fsp3) is 1.00. The third kappa shape index (κ3) is 26.4. The van der Waals surface area contributed by atoms with E-state index in [0.29, 0.717) is 0 Å². The van der Waals surface area contributed by atoms with Crippen molar-refractivity contribution in [3.63, 3.8) is 0 Å². The summed E-state index contributed by atoms with van der Waals surface area (Å²) in [5.74, 6) is 0. The summed E-state index contributed by atoms with van der Waals surface area (Å²) in [6.45, 7) is 10.7. The third-order valence-electron chi connectivity index (χ3n) is 6.65. The average Bonchev–Trinajstić information content (AvgIpc) is 2.78. The molecule has 0 amide bonds. The Kier molecular flexibility index (Phi) is 25.9. The maximum Gasteiger partial charge on any atom is 0.331 e. The summed E-state index contributed by atoms with van der Waals surface area (Å²) in [4.78, 5) is 0. The highest BCUT2D eigenvalue weighted by Gasteiger charge is 2.23. The van der Waals surface area contributed by atoms with Crippen LogP contribution in [0.5, 0.6) is 0 Å². The molecule has 0 aliphatic heterocycles. The topological polar surface area (TPSA) is 18.5 Å². The SMILES string of the molecule is CCCCCCCCCCCCCCCCCCCCCCO[Si](C)(C)OCCCCC. The minimum atomic E-state index is -1.87. The van der Waals surface area contributed by atoms with Crippen molar-refractivity contribution in [3.05, 3.63) is 0 Å². The van der Waals surface area contributed by atoms with Gasteiger partial charge in [-0.1, -0.05) is 149 Å². The summed E-state index contributed by atoms with van der Waals surface area (Å²) in [6.07, 6.45) is 32.3. The standard InChI is InChI=1S/C29H62O2Si/c1-5-7-9-10-11-12-13-14-15-16-17-18-19-20-21-22-23-24-25-27-29-31-32(3,4)30-28-26-8-6-2/h5-29H2,1-4H3. The van der Waals surface area contributed by atoms with Crippen LogP contribution < -0.4 is 0 Å². The molecule has 0 fully saturated rings. The van der Waals surface area contributed by atoms with Gasteiger partial charge in [0.25, 0.3) is 0 Å². The first kappa shape index (κ1) is 32.1. The van der Waals surface area contributed by atoms with Gasteiger partial charge in [-0.25, -0.2) is 0 Å². The predicted octanol–water partition coefficient (Wildman–Crippen LogP) is 10.7. The van der Waals surface area contributed by atoms with E-state index in [-0.39, 0.29) is 0 Å². The Bertz CT molecular complexity index is 346. The zero-order valence-electron chi connectivity index (χ0n) is 23.0. The molecule has 32 heavy (non-hydrogen) atoms. The van der Waals surface area contributed by atoms with Crippen LogP contribution in [0.25, 0.3) is 0 Å². The molecule has 0 aromatic heterocycles. The first-order valence-corrected chi connectivity index (χ1v) is 17.7. The van der Waals surface area contributed by atoms with Gasteiger partial charge < -0.3 is 8.85 Å². The maximum atomic E-state index is 6.06. The van der Waals surface area contributed by atoms with Crippen LogP contribution in [0, 0.1) is 0 Å². The lowest BCUT2D eigenvalue weighted by molar-refractivity contribution is 0.173. The number of rotatable bonds is 27. The van der Waals surface area contributed by atoms with Gasteiger partial charge in [0.2, 0.25) is 0 Å². The molecule has 2 nitrogen and oxygen atoms in total. The quantitative estimate of drug-likeness (QED) is 0.0877. The molecule has 0 rings (SSSR count). The van der Waals surface area contributed by atoms with Gasteiger partial charge in [0.15, 0.2) is 0 Å². The van der Waals surface area contributed by atoms with Crippen molar-refractivity contribution in [2.75, 3.05) is 13.2 Å². The summed E-state index contributed by atoms with van der Waals surface area (Å²) in [7, 11) is -1.87. The van der Waals surface area contributed by atoms with Gasteiger partial charge in [0, 0.05) is 13.2 Å². The van der Waals surface area contributed by atoms with E-state index in [0.717, 1.165) is 13.2 Å². The molecule has 0 unspecified atom stereocenters. The zero-order valence-corrected chi connectivity index (χ0v) is 24.0. The Balaban J connectivity index is 3.16.